The number of amides is 1. The van der Waals surface area contributed by atoms with Crippen molar-refractivity contribution in [1.82, 2.24) is 10.6 Å². The van der Waals surface area contributed by atoms with Crippen LogP contribution in [0.3, 0.4) is 0 Å². The molecule has 1 heterocycles. The number of rotatable bonds is 11. The van der Waals surface area contributed by atoms with E-state index in [2.05, 4.69) is 10.6 Å². The second-order valence-corrected chi connectivity index (χ2v) is 10.8. The molecule has 0 saturated carbocycles. The molecule has 0 radical (unpaired) electrons. The van der Waals surface area contributed by atoms with Gasteiger partial charge >= 0.3 is 11.9 Å². The van der Waals surface area contributed by atoms with Gasteiger partial charge in [0.15, 0.2) is 0 Å². The summed E-state index contributed by atoms with van der Waals surface area (Å²) in [6.45, 7) is 2.42. The van der Waals surface area contributed by atoms with Crippen LogP contribution in [0.25, 0.3) is 0 Å². The Morgan fingerprint density at radius 1 is 1.09 bits per heavy atom. The number of aryl methyl sites for hydroxylation is 1. The quantitative estimate of drug-likeness (QED) is 0.284. The summed E-state index contributed by atoms with van der Waals surface area (Å²) in [5.74, 6) is -2.96. The van der Waals surface area contributed by atoms with Crippen LogP contribution in [0.5, 0.6) is 0 Å². The third kappa shape index (κ3) is 7.35. The fourth-order valence-electron chi connectivity index (χ4n) is 3.89. The Kier molecular flexibility index (Phi) is 9.57. The summed E-state index contributed by atoms with van der Waals surface area (Å²) in [7, 11) is -3.76. The van der Waals surface area contributed by atoms with Crippen LogP contribution >= 0.6 is 7.37 Å². The van der Waals surface area contributed by atoms with Crippen molar-refractivity contribution in [1.29, 1.82) is 0 Å². The fourth-order valence-corrected chi connectivity index (χ4v) is 6.07. The molecule has 1 amide bonds. The molecule has 8 nitrogen and oxygen atoms in total. The summed E-state index contributed by atoms with van der Waals surface area (Å²) in [6, 6.07) is 17.6. The Balaban J connectivity index is 1.77. The van der Waals surface area contributed by atoms with Gasteiger partial charge in [0.2, 0.25) is 7.37 Å². The zero-order valence-corrected chi connectivity index (χ0v) is 20.2. The number of carbonyl (C=O) groups is 3. The van der Waals surface area contributed by atoms with Gasteiger partial charge < -0.3 is 19.9 Å². The van der Waals surface area contributed by atoms with Crippen LogP contribution in [-0.2, 0) is 29.8 Å². The second-order valence-electron chi connectivity index (χ2n) is 8.12. The van der Waals surface area contributed by atoms with Gasteiger partial charge in [-0.15, -0.1) is 0 Å². The van der Waals surface area contributed by atoms with Gasteiger partial charge in [-0.1, -0.05) is 48.5 Å². The van der Waals surface area contributed by atoms with Crippen molar-refractivity contribution in [2.45, 2.75) is 44.4 Å². The van der Waals surface area contributed by atoms with Crippen molar-refractivity contribution in [3.63, 3.8) is 0 Å². The SMILES string of the molecule is CCOP(=O)(CC(=O)OC(=O)[C@@H]1CCCN1)C(CCc1ccccc1)NC(=O)c1ccccc1. The average molecular weight is 487 g/mol. The molecular formula is C25H31N2O6P. The normalized spacial score (nSPS) is 18.0. The lowest BCUT2D eigenvalue weighted by Gasteiger charge is -2.28. The third-order valence-electron chi connectivity index (χ3n) is 5.61. The first-order chi connectivity index (χ1) is 16.4. The van der Waals surface area contributed by atoms with Crippen LogP contribution < -0.4 is 10.6 Å². The van der Waals surface area contributed by atoms with Crippen molar-refractivity contribution in [2.24, 2.45) is 0 Å². The van der Waals surface area contributed by atoms with Gasteiger partial charge in [0.25, 0.3) is 5.91 Å². The van der Waals surface area contributed by atoms with Gasteiger partial charge in [-0.3, -0.25) is 14.2 Å². The maximum Gasteiger partial charge on any atom is 0.330 e. The molecule has 2 aromatic carbocycles. The first-order valence-corrected chi connectivity index (χ1v) is 13.4. The van der Waals surface area contributed by atoms with E-state index in [0.717, 1.165) is 12.0 Å². The summed E-state index contributed by atoms with van der Waals surface area (Å²) in [6.07, 6.45) is 1.59. The molecule has 2 N–H and O–H groups in total. The van der Waals surface area contributed by atoms with E-state index in [1.807, 2.05) is 30.3 Å². The summed E-state index contributed by atoms with van der Waals surface area (Å²) in [5.41, 5.74) is 1.40. The van der Waals surface area contributed by atoms with Gasteiger partial charge in [0.05, 0.1) is 6.61 Å². The van der Waals surface area contributed by atoms with Crippen LogP contribution in [0.15, 0.2) is 60.7 Å². The van der Waals surface area contributed by atoms with Crippen LogP contribution in [0, 0.1) is 0 Å². The molecule has 2 unspecified atom stereocenters. The Morgan fingerprint density at radius 2 is 1.76 bits per heavy atom. The van der Waals surface area contributed by atoms with Crippen LogP contribution in [0.4, 0.5) is 0 Å². The molecule has 0 aliphatic carbocycles. The number of nitrogens with one attached hydrogen (secondary N) is 2. The number of hydrogen-bond acceptors (Lipinski definition) is 7. The largest absolute Gasteiger partial charge is 0.392 e. The van der Waals surface area contributed by atoms with Crippen molar-refractivity contribution < 1.29 is 28.2 Å². The molecule has 0 aromatic heterocycles. The van der Waals surface area contributed by atoms with E-state index >= 15 is 0 Å². The van der Waals surface area contributed by atoms with Gasteiger partial charge in [-0.25, -0.2) is 4.79 Å². The van der Waals surface area contributed by atoms with Crippen LogP contribution in [0.2, 0.25) is 0 Å². The predicted octanol–water partition coefficient (Wildman–Crippen LogP) is 3.51. The number of carbonyl (C=O) groups excluding carboxylic acids is 3. The number of benzene rings is 2. The maximum absolute atomic E-state index is 13.9. The highest BCUT2D eigenvalue weighted by Crippen LogP contribution is 2.52. The van der Waals surface area contributed by atoms with Crippen molar-refractivity contribution in [2.75, 3.05) is 19.3 Å². The smallest absolute Gasteiger partial charge is 0.330 e. The van der Waals surface area contributed by atoms with Crippen molar-refractivity contribution in [3.8, 4) is 0 Å². The zero-order valence-electron chi connectivity index (χ0n) is 19.3. The van der Waals surface area contributed by atoms with Crippen molar-refractivity contribution >= 4 is 25.2 Å². The highest BCUT2D eigenvalue weighted by molar-refractivity contribution is 7.60. The highest BCUT2D eigenvalue weighted by Gasteiger charge is 2.39. The summed E-state index contributed by atoms with van der Waals surface area (Å²) in [4.78, 5) is 37.7. The minimum atomic E-state index is -3.76. The number of hydrogen-bond donors (Lipinski definition) is 2. The summed E-state index contributed by atoms with van der Waals surface area (Å²) >= 11 is 0. The summed E-state index contributed by atoms with van der Waals surface area (Å²) < 4.78 is 24.5. The van der Waals surface area contributed by atoms with E-state index < -0.39 is 43.2 Å². The van der Waals surface area contributed by atoms with E-state index in [1.54, 1.807) is 37.3 Å². The second kappa shape index (κ2) is 12.6. The van der Waals surface area contributed by atoms with Gasteiger partial charge in [-0.2, -0.15) is 0 Å². The lowest BCUT2D eigenvalue weighted by molar-refractivity contribution is -0.159. The Bertz CT molecular complexity index is 1010. The molecule has 0 bridgehead atoms. The van der Waals surface area contributed by atoms with Crippen LogP contribution in [-0.4, -0.2) is 49.0 Å². The molecule has 0 spiro atoms. The third-order valence-corrected chi connectivity index (χ3v) is 8.35. The Hall–Kier alpha value is -2.80. The molecule has 9 heteroatoms. The lowest BCUT2D eigenvalue weighted by atomic mass is 10.1. The number of esters is 2. The van der Waals surface area contributed by atoms with Gasteiger partial charge in [0.1, 0.15) is 18.0 Å². The molecule has 3 rings (SSSR count). The monoisotopic (exact) mass is 486 g/mol. The van der Waals surface area contributed by atoms with E-state index in [1.165, 1.54) is 0 Å². The van der Waals surface area contributed by atoms with Gasteiger partial charge in [-0.05, 0) is 56.8 Å². The van der Waals surface area contributed by atoms with E-state index in [0.29, 0.717) is 24.9 Å². The molecule has 182 valence electrons. The first kappa shape index (κ1) is 25.8. The molecule has 2 aromatic rings. The summed E-state index contributed by atoms with van der Waals surface area (Å²) in [5, 5.41) is 5.78. The van der Waals surface area contributed by atoms with E-state index in [4.69, 9.17) is 9.26 Å². The van der Waals surface area contributed by atoms with Crippen LogP contribution in [0.1, 0.15) is 42.1 Å². The minimum absolute atomic E-state index is 0.0751. The molecular weight excluding hydrogens is 455 g/mol. The fraction of sp³-hybridized carbons (Fsp3) is 0.400. The van der Waals surface area contributed by atoms with E-state index in [9.17, 15) is 18.9 Å². The molecule has 1 aliphatic heterocycles. The maximum atomic E-state index is 13.9. The molecule has 3 atom stereocenters. The average Bonchev–Trinajstić information content (AvgIpc) is 3.38. The molecule has 34 heavy (non-hydrogen) atoms. The minimum Gasteiger partial charge on any atom is -0.392 e. The molecule has 1 aliphatic rings. The standard InChI is InChI=1S/C25H31N2O6P/c1-2-32-34(31,18-23(28)33-25(30)21-14-9-17-26-21)22(16-15-19-10-5-3-6-11-19)27-24(29)20-12-7-4-8-13-20/h3-8,10-13,21-22,26H,2,9,14-18H2,1H3,(H,27,29)/t21-,22?,34?/m0/s1. The first-order valence-electron chi connectivity index (χ1n) is 11.5. The predicted molar refractivity (Wildman–Crippen MR) is 129 cm³/mol. The molecule has 1 fully saturated rings. The zero-order chi connectivity index (χ0) is 24.4. The Labute approximate surface area is 199 Å². The van der Waals surface area contributed by atoms with E-state index in [-0.39, 0.29) is 13.0 Å². The van der Waals surface area contributed by atoms with Crippen molar-refractivity contribution in [3.05, 3.63) is 71.8 Å². The number of ether oxygens (including phenoxy) is 1. The Morgan fingerprint density at radius 3 is 2.38 bits per heavy atom. The van der Waals surface area contributed by atoms with Gasteiger partial charge in [0, 0.05) is 5.56 Å². The lowest BCUT2D eigenvalue weighted by Crippen LogP contribution is -2.38. The highest BCUT2D eigenvalue weighted by atomic mass is 31.2. The topological polar surface area (TPSA) is 111 Å². The molecule has 1 saturated heterocycles.